The molecule has 1 heterocycles. The Morgan fingerprint density at radius 3 is 2.16 bits per heavy atom. The number of amides is 1. The Hall–Kier alpha value is -0.660. The second-order valence-corrected chi connectivity index (χ2v) is 10.8. The number of nitrogens with one attached hydrogen (secondary N) is 1. The topological polar surface area (TPSA) is 116 Å². The molecule has 0 aromatic rings. The fraction of sp³-hybridized carbons (Fsp3) is 0.880. The number of rotatable bonds is 4. The van der Waals surface area contributed by atoms with Gasteiger partial charge in [-0.3, -0.25) is 4.79 Å². The van der Waals surface area contributed by atoms with Gasteiger partial charge in [0.05, 0.1) is 12.1 Å². The van der Waals surface area contributed by atoms with Crippen molar-refractivity contribution in [3.63, 3.8) is 0 Å². The Morgan fingerprint density at radius 2 is 1.78 bits per heavy atom. The predicted molar refractivity (Wildman–Crippen MR) is 136 cm³/mol. The number of nitrogens with zero attached hydrogens (tertiary/aromatic N) is 1. The van der Waals surface area contributed by atoms with Crippen LogP contribution in [0.4, 0.5) is 0 Å². The number of carbonyl (C=O) groups excluding carboxylic acids is 1. The zero-order valence-electron chi connectivity index (χ0n) is 20.2. The number of carbonyl (C=O) groups is 1. The SMILES string of the molecule is C.CN[C@@H](C(=O)N1CC[C@H](C2CC=C(Cl)CC2)C(C)(C)C1)C(C)C.O.O.OC1CCCC1. The molecule has 2 aliphatic carbocycles. The van der Waals surface area contributed by atoms with E-state index in [1.807, 2.05) is 7.05 Å². The maximum atomic E-state index is 12.8. The van der Waals surface area contributed by atoms with E-state index in [0.29, 0.717) is 11.8 Å². The lowest BCUT2D eigenvalue weighted by Crippen LogP contribution is -2.55. The molecule has 0 bridgehead atoms. The van der Waals surface area contributed by atoms with E-state index in [-0.39, 0.29) is 41.8 Å². The number of halogens is 1. The normalized spacial score (nSPS) is 25.9. The molecule has 32 heavy (non-hydrogen) atoms. The third-order valence-corrected chi connectivity index (χ3v) is 7.50. The maximum absolute atomic E-state index is 12.8. The van der Waals surface area contributed by atoms with E-state index < -0.39 is 0 Å². The van der Waals surface area contributed by atoms with Crippen LogP contribution >= 0.6 is 11.6 Å². The van der Waals surface area contributed by atoms with Gasteiger partial charge >= 0.3 is 0 Å². The van der Waals surface area contributed by atoms with E-state index in [4.69, 9.17) is 16.7 Å². The van der Waals surface area contributed by atoms with Gasteiger partial charge in [-0.1, -0.05) is 65.6 Å². The van der Waals surface area contributed by atoms with Gasteiger partial charge in [0.1, 0.15) is 0 Å². The van der Waals surface area contributed by atoms with Gasteiger partial charge in [-0.2, -0.15) is 0 Å². The van der Waals surface area contributed by atoms with E-state index in [2.05, 4.69) is 44.0 Å². The van der Waals surface area contributed by atoms with Gasteiger partial charge in [-0.15, -0.1) is 0 Å². The minimum atomic E-state index is -0.0706. The average molecular weight is 479 g/mol. The molecule has 2 fully saturated rings. The smallest absolute Gasteiger partial charge is 0.239 e. The highest BCUT2D eigenvalue weighted by molar-refractivity contribution is 6.29. The van der Waals surface area contributed by atoms with E-state index in [0.717, 1.165) is 56.1 Å². The van der Waals surface area contributed by atoms with Gasteiger partial charge in [0, 0.05) is 18.1 Å². The van der Waals surface area contributed by atoms with Gasteiger partial charge in [0.25, 0.3) is 0 Å². The first kappa shape index (κ1) is 33.5. The first-order valence-corrected chi connectivity index (χ1v) is 12.0. The molecule has 192 valence electrons. The number of likely N-dealkylation sites (N-methyl/N-ethyl adjacent to an activating group) is 1. The van der Waals surface area contributed by atoms with Crippen LogP contribution < -0.4 is 5.32 Å². The van der Waals surface area contributed by atoms with Gasteiger partial charge in [0.15, 0.2) is 0 Å². The van der Waals surface area contributed by atoms with E-state index in [1.54, 1.807) is 0 Å². The fourth-order valence-corrected chi connectivity index (χ4v) is 5.66. The molecule has 1 unspecified atom stereocenters. The highest BCUT2D eigenvalue weighted by Gasteiger charge is 2.42. The Morgan fingerprint density at radius 1 is 1.19 bits per heavy atom. The number of piperidine rings is 1. The summed E-state index contributed by atoms with van der Waals surface area (Å²) in [6.07, 6.45) is 11.3. The van der Waals surface area contributed by atoms with Gasteiger partial charge < -0.3 is 26.3 Å². The van der Waals surface area contributed by atoms with E-state index in [9.17, 15) is 4.79 Å². The minimum absolute atomic E-state index is 0. The summed E-state index contributed by atoms with van der Waals surface area (Å²) in [7, 11) is 1.89. The van der Waals surface area contributed by atoms with Crippen molar-refractivity contribution in [3.8, 4) is 0 Å². The molecule has 6 nitrogen and oxygen atoms in total. The second kappa shape index (κ2) is 15.3. The average Bonchev–Trinajstić information content (AvgIpc) is 3.13. The Balaban J connectivity index is 0. The monoisotopic (exact) mass is 478 g/mol. The summed E-state index contributed by atoms with van der Waals surface area (Å²) in [5, 5.41) is 12.9. The third kappa shape index (κ3) is 9.30. The number of aliphatic hydroxyl groups is 1. The molecule has 6 N–H and O–H groups in total. The van der Waals surface area contributed by atoms with Gasteiger partial charge in [-0.25, -0.2) is 0 Å². The molecule has 1 saturated carbocycles. The van der Waals surface area contributed by atoms with Crippen LogP contribution in [0.1, 0.15) is 86.5 Å². The molecule has 0 radical (unpaired) electrons. The van der Waals surface area contributed by atoms with Crippen LogP contribution in [0, 0.1) is 23.2 Å². The zero-order valence-corrected chi connectivity index (χ0v) is 21.0. The van der Waals surface area contributed by atoms with Crippen LogP contribution in [0.15, 0.2) is 11.1 Å². The summed E-state index contributed by atoms with van der Waals surface area (Å²) < 4.78 is 0. The Bertz CT molecular complexity index is 562. The van der Waals surface area contributed by atoms with Crippen molar-refractivity contribution in [2.45, 2.75) is 98.6 Å². The summed E-state index contributed by atoms with van der Waals surface area (Å²) in [6.45, 7) is 10.6. The molecular weight excluding hydrogens is 428 g/mol. The highest BCUT2D eigenvalue weighted by atomic mass is 35.5. The van der Waals surface area contributed by atoms with Crippen LogP contribution in [0.2, 0.25) is 0 Å². The van der Waals surface area contributed by atoms with Crippen LogP contribution in [-0.2, 0) is 4.79 Å². The van der Waals surface area contributed by atoms with Crippen LogP contribution in [0.5, 0.6) is 0 Å². The molecule has 1 aliphatic heterocycles. The lowest BCUT2D eigenvalue weighted by molar-refractivity contribution is -0.139. The Kier molecular flexibility index (Phi) is 16.0. The molecular formula is C25H51ClN2O4. The van der Waals surface area contributed by atoms with E-state index in [1.165, 1.54) is 19.3 Å². The molecule has 1 amide bonds. The summed E-state index contributed by atoms with van der Waals surface area (Å²) in [5.41, 5.74) is 0.172. The molecule has 0 aromatic carbocycles. The Labute approximate surface area is 201 Å². The van der Waals surface area contributed by atoms with Crippen molar-refractivity contribution < 1.29 is 20.9 Å². The van der Waals surface area contributed by atoms with Crippen molar-refractivity contribution in [2.75, 3.05) is 20.1 Å². The third-order valence-electron chi connectivity index (χ3n) is 7.16. The van der Waals surface area contributed by atoms with Crippen LogP contribution in [0.3, 0.4) is 0 Å². The second-order valence-electron chi connectivity index (χ2n) is 10.3. The largest absolute Gasteiger partial charge is 0.412 e. The summed E-state index contributed by atoms with van der Waals surface area (Å²) in [6, 6.07) is -0.0706. The van der Waals surface area contributed by atoms with Gasteiger partial charge in [-0.05, 0) is 68.7 Å². The number of allylic oxidation sites excluding steroid dienone is 2. The molecule has 1 saturated heterocycles. The molecule has 3 atom stereocenters. The van der Waals surface area contributed by atoms with Crippen molar-refractivity contribution in [2.24, 2.45) is 23.2 Å². The first-order valence-electron chi connectivity index (χ1n) is 11.6. The standard InChI is InChI=1S/C19H33ClN2O.C5H10O.CH4.2H2O/c1-13(2)17(21-5)18(23)22-11-10-16(19(3,4)12-22)14-6-8-15(20)9-7-14;6-5-3-1-2-4-5;;;/h8,13-14,16-17,21H,6-7,9-12H2,1-5H3;5-6H,1-4H2;1H4;2*1H2/t14?,16-,17-;;;;/m1..../s1. The molecule has 0 aromatic heterocycles. The van der Waals surface area contributed by atoms with E-state index >= 15 is 0 Å². The van der Waals surface area contributed by atoms with Crippen molar-refractivity contribution in [1.82, 2.24) is 10.2 Å². The lowest BCUT2D eigenvalue weighted by atomic mass is 9.65. The van der Waals surface area contributed by atoms with Crippen LogP contribution in [-0.4, -0.2) is 59.1 Å². The van der Waals surface area contributed by atoms with Crippen molar-refractivity contribution in [3.05, 3.63) is 11.1 Å². The molecule has 3 rings (SSSR count). The molecule has 3 aliphatic rings. The first-order chi connectivity index (χ1) is 13.7. The lowest BCUT2D eigenvalue weighted by Gasteiger charge is -2.49. The number of hydrogen-bond acceptors (Lipinski definition) is 3. The maximum Gasteiger partial charge on any atom is 0.239 e. The number of likely N-dealkylation sites (tertiary alicyclic amines) is 1. The summed E-state index contributed by atoms with van der Waals surface area (Å²) in [5.74, 6) is 1.98. The predicted octanol–water partition coefficient (Wildman–Crippen LogP) is 3.94. The molecule has 0 spiro atoms. The quantitative estimate of drug-likeness (QED) is 0.637. The van der Waals surface area contributed by atoms with Gasteiger partial charge in [0.2, 0.25) is 5.91 Å². The number of aliphatic hydroxyl groups excluding tert-OH is 1. The minimum Gasteiger partial charge on any atom is -0.412 e. The van der Waals surface area contributed by atoms with Crippen molar-refractivity contribution >= 4 is 17.5 Å². The summed E-state index contributed by atoms with van der Waals surface area (Å²) >= 11 is 6.14. The number of hydrogen-bond donors (Lipinski definition) is 2. The van der Waals surface area contributed by atoms with Crippen molar-refractivity contribution in [1.29, 1.82) is 0 Å². The molecule has 7 heteroatoms. The summed E-state index contributed by atoms with van der Waals surface area (Å²) in [4.78, 5) is 14.9. The highest BCUT2D eigenvalue weighted by Crippen LogP contribution is 2.45. The zero-order chi connectivity index (χ0) is 21.6. The van der Waals surface area contributed by atoms with Crippen LogP contribution in [0.25, 0.3) is 0 Å². The fourth-order valence-electron chi connectivity index (χ4n) is 5.47.